The molecule has 23 heavy (non-hydrogen) atoms. The van der Waals surface area contributed by atoms with Gasteiger partial charge in [0.25, 0.3) is 5.56 Å². The first-order valence-corrected chi connectivity index (χ1v) is 6.75. The van der Waals surface area contributed by atoms with Crippen LogP contribution in [0, 0.1) is 0 Å². The number of carbonyl (C=O) groups excluding carboxylic acids is 1. The molecule has 0 aromatic carbocycles. The molecule has 0 radical (unpaired) electrons. The topological polar surface area (TPSA) is 166 Å². The van der Waals surface area contributed by atoms with Crippen LogP contribution >= 0.6 is 0 Å². The van der Waals surface area contributed by atoms with E-state index in [9.17, 15) is 19.8 Å². The van der Waals surface area contributed by atoms with Gasteiger partial charge < -0.3 is 25.4 Å². The minimum atomic E-state index is -1.32. The first-order valence-electron chi connectivity index (χ1n) is 6.75. The lowest BCUT2D eigenvalue weighted by atomic mass is 10.1. The average molecular weight is 325 g/mol. The fraction of sp³-hybridized carbons (Fsp3) is 0.500. The van der Waals surface area contributed by atoms with Gasteiger partial charge >= 0.3 is 5.97 Å². The molecule has 4 atom stereocenters. The van der Waals surface area contributed by atoms with Crippen LogP contribution in [0.3, 0.4) is 0 Å². The number of anilines is 1. The molecule has 2 aromatic rings. The zero-order valence-electron chi connectivity index (χ0n) is 12.0. The maximum absolute atomic E-state index is 11.8. The lowest BCUT2D eigenvalue weighted by molar-refractivity contribution is -0.147. The van der Waals surface area contributed by atoms with E-state index >= 15 is 0 Å². The summed E-state index contributed by atoms with van der Waals surface area (Å²) in [4.78, 5) is 32.8. The summed E-state index contributed by atoms with van der Waals surface area (Å²) < 4.78 is 11.6. The zero-order valence-corrected chi connectivity index (χ0v) is 12.0. The van der Waals surface area contributed by atoms with Crippen molar-refractivity contribution >= 4 is 23.1 Å². The first kappa shape index (κ1) is 15.4. The molecule has 1 aliphatic rings. The molecule has 1 fully saturated rings. The molecule has 3 heterocycles. The van der Waals surface area contributed by atoms with Gasteiger partial charge in [0.05, 0.1) is 6.33 Å². The van der Waals surface area contributed by atoms with Gasteiger partial charge in [0.1, 0.15) is 24.9 Å². The standard InChI is InChI=1S/C12H15N5O6/c1-4(18)22-2-5-7(19)8(20)11(23-5)17-3-14-6-9(17)15-12(13)16-10(6)21/h3,5,7-8,11,19-20H,2H2,1H3,(H3,13,15,16,21). The van der Waals surface area contributed by atoms with E-state index < -0.39 is 36.1 Å². The quantitative estimate of drug-likeness (QED) is 0.462. The predicted molar refractivity (Wildman–Crippen MR) is 75.1 cm³/mol. The second-order valence-electron chi connectivity index (χ2n) is 5.12. The van der Waals surface area contributed by atoms with Gasteiger partial charge in [0, 0.05) is 6.92 Å². The number of imidazole rings is 1. The number of hydrogen-bond acceptors (Lipinski definition) is 9. The lowest BCUT2D eigenvalue weighted by Crippen LogP contribution is -2.34. The van der Waals surface area contributed by atoms with Crippen LogP contribution in [0.15, 0.2) is 11.1 Å². The van der Waals surface area contributed by atoms with Crippen LogP contribution in [0.4, 0.5) is 5.95 Å². The van der Waals surface area contributed by atoms with Gasteiger partial charge in [0.15, 0.2) is 17.4 Å². The van der Waals surface area contributed by atoms with Crippen molar-refractivity contribution in [2.75, 3.05) is 12.3 Å². The number of hydrogen-bond donors (Lipinski definition) is 4. The Morgan fingerprint density at radius 3 is 2.96 bits per heavy atom. The maximum Gasteiger partial charge on any atom is 0.302 e. The fourth-order valence-electron chi connectivity index (χ4n) is 2.43. The van der Waals surface area contributed by atoms with Crippen LogP contribution in [0.5, 0.6) is 0 Å². The molecule has 11 heteroatoms. The highest BCUT2D eigenvalue weighted by molar-refractivity contribution is 5.70. The van der Waals surface area contributed by atoms with E-state index in [1.807, 2.05) is 0 Å². The third kappa shape index (κ3) is 2.65. The number of fused-ring (bicyclic) bond motifs is 1. The number of nitrogens with one attached hydrogen (secondary N) is 1. The largest absolute Gasteiger partial charge is 0.463 e. The molecule has 3 rings (SSSR count). The normalized spacial score (nSPS) is 27.4. The zero-order chi connectivity index (χ0) is 16.7. The van der Waals surface area contributed by atoms with Crippen molar-refractivity contribution in [1.29, 1.82) is 0 Å². The molecule has 0 aliphatic carbocycles. The summed E-state index contributed by atoms with van der Waals surface area (Å²) in [7, 11) is 0. The van der Waals surface area contributed by atoms with E-state index in [0.717, 1.165) is 0 Å². The summed E-state index contributed by atoms with van der Waals surface area (Å²) in [5, 5.41) is 20.2. The van der Waals surface area contributed by atoms with Gasteiger partial charge in [-0.25, -0.2) is 4.98 Å². The second kappa shape index (κ2) is 5.61. The Morgan fingerprint density at radius 1 is 1.52 bits per heavy atom. The summed E-state index contributed by atoms with van der Waals surface area (Å²) in [5.41, 5.74) is 5.10. The maximum atomic E-state index is 11.8. The molecular weight excluding hydrogens is 310 g/mol. The smallest absolute Gasteiger partial charge is 0.302 e. The molecule has 1 aliphatic heterocycles. The van der Waals surface area contributed by atoms with Gasteiger partial charge in [0.2, 0.25) is 5.95 Å². The molecule has 1 saturated heterocycles. The minimum Gasteiger partial charge on any atom is -0.463 e. The van der Waals surface area contributed by atoms with Crippen LogP contribution < -0.4 is 11.3 Å². The van der Waals surface area contributed by atoms with Crippen molar-refractivity contribution in [1.82, 2.24) is 19.5 Å². The summed E-state index contributed by atoms with van der Waals surface area (Å²) in [6.45, 7) is 1.00. The van der Waals surface area contributed by atoms with E-state index in [0.29, 0.717) is 0 Å². The van der Waals surface area contributed by atoms with Crippen molar-refractivity contribution < 1.29 is 24.5 Å². The highest BCUT2D eigenvalue weighted by Crippen LogP contribution is 2.31. The number of aromatic nitrogens is 4. The fourth-order valence-corrected chi connectivity index (χ4v) is 2.43. The lowest BCUT2D eigenvalue weighted by Gasteiger charge is -2.16. The van der Waals surface area contributed by atoms with Crippen molar-refractivity contribution in [3.05, 3.63) is 16.7 Å². The Bertz CT molecular complexity index is 801. The van der Waals surface area contributed by atoms with Crippen LogP contribution in [0.1, 0.15) is 13.2 Å². The third-order valence-corrected chi connectivity index (χ3v) is 3.51. The Hall–Kier alpha value is -2.50. The van der Waals surface area contributed by atoms with E-state index in [1.165, 1.54) is 17.8 Å². The number of ether oxygens (including phenoxy) is 2. The SMILES string of the molecule is CC(=O)OCC1OC(n2cnc3c(=O)[nH]c(N)nc32)C(O)C1O. The summed E-state index contributed by atoms with van der Waals surface area (Å²) in [6.07, 6.45) is -3.33. The van der Waals surface area contributed by atoms with Crippen molar-refractivity contribution in [2.45, 2.75) is 31.5 Å². The number of nitrogens with two attached hydrogens (primary N) is 1. The van der Waals surface area contributed by atoms with Crippen LogP contribution in [-0.2, 0) is 14.3 Å². The molecular formula is C12H15N5O6. The van der Waals surface area contributed by atoms with Crippen LogP contribution in [-0.4, -0.2) is 60.6 Å². The van der Waals surface area contributed by atoms with Gasteiger partial charge in [-0.15, -0.1) is 0 Å². The average Bonchev–Trinajstić information content (AvgIpc) is 3.00. The molecule has 0 saturated carbocycles. The molecule has 124 valence electrons. The van der Waals surface area contributed by atoms with Crippen molar-refractivity contribution in [3.63, 3.8) is 0 Å². The number of aromatic amines is 1. The predicted octanol–water partition coefficient (Wildman–Crippen LogP) is -2.12. The number of nitrogens with zero attached hydrogens (tertiary/aromatic N) is 3. The summed E-state index contributed by atoms with van der Waals surface area (Å²) >= 11 is 0. The van der Waals surface area contributed by atoms with Crippen molar-refractivity contribution in [3.8, 4) is 0 Å². The summed E-state index contributed by atoms with van der Waals surface area (Å²) in [6, 6.07) is 0. The second-order valence-corrected chi connectivity index (χ2v) is 5.12. The monoisotopic (exact) mass is 325 g/mol. The Morgan fingerprint density at radius 2 is 2.26 bits per heavy atom. The molecule has 0 spiro atoms. The number of aliphatic hydroxyl groups is 2. The number of rotatable bonds is 3. The molecule has 5 N–H and O–H groups in total. The highest BCUT2D eigenvalue weighted by atomic mass is 16.6. The van der Waals surface area contributed by atoms with Gasteiger partial charge in [-0.1, -0.05) is 0 Å². The van der Waals surface area contributed by atoms with E-state index in [1.54, 1.807) is 0 Å². The first-order chi connectivity index (χ1) is 10.9. The van der Waals surface area contributed by atoms with E-state index in [2.05, 4.69) is 15.0 Å². The third-order valence-electron chi connectivity index (χ3n) is 3.51. The highest BCUT2D eigenvalue weighted by Gasteiger charge is 2.44. The molecule has 4 unspecified atom stereocenters. The van der Waals surface area contributed by atoms with Gasteiger partial charge in [-0.3, -0.25) is 19.1 Å². The number of esters is 1. The van der Waals surface area contributed by atoms with Crippen LogP contribution in [0.25, 0.3) is 11.2 Å². The summed E-state index contributed by atoms with van der Waals surface area (Å²) in [5.74, 6) is -0.651. The van der Waals surface area contributed by atoms with Crippen molar-refractivity contribution in [2.24, 2.45) is 0 Å². The van der Waals surface area contributed by atoms with E-state index in [-0.39, 0.29) is 23.7 Å². The Kier molecular flexibility index (Phi) is 3.75. The molecule has 2 aromatic heterocycles. The molecule has 0 bridgehead atoms. The Labute approximate surface area is 128 Å². The number of H-pyrrole nitrogens is 1. The van der Waals surface area contributed by atoms with Gasteiger partial charge in [-0.05, 0) is 0 Å². The van der Waals surface area contributed by atoms with Gasteiger partial charge in [-0.2, -0.15) is 4.98 Å². The minimum absolute atomic E-state index is 0.0212. The van der Waals surface area contributed by atoms with Crippen LogP contribution in [0.2, 0.25) is 0 Å². The number of aliphatic hydroxyl groups excluding tert-OH is 2. The molecule has 11 nitrogen and oxygen atoms in total. The number of nitrogen functional groups attached to an aromatic ring is 1. The Balaban J connectivity index is 1.93. The van der Waals surface area contributed by atoms with E-state index in [4.69, 9.17) is 15.2 Å². The number of carbonyl (C=O) groups is 1. The molecule has 0 amide bonds.